The van der Waals surface area contributed by atoms with Gasteiger partial charge >= 0.3 is 0 Å². The average Bonchev–Trinajstić information content (AvgIpc) is 2.66. The smallest absolute Gasteiger partial charge is 0.173 e. The SMILES string of the molecule is C[Si](C)(CCCCOc1cccc(N)c1)O[Si](C)(C)CCCCOc1cccc(N)c1. The molecule has 0 atom stereocenters. The lowest BCUT2D eigenvalue weighted by Crippen LogP contribution is -2.44. The summed E-state index contributed by atoms with van der Waals surface area (Å²) in [6.45, 7) is 10.9. The fourth-order valence-electron chi connectivity index (χ4n) is 3.74. The minimum atomic E-state index is -1.66. The van der Waals surface area contributed by atoms with Gasteiger partial charge in [0, 0.05) is 23.5 Å². The molecule has 0 amide bonds. The van der Waals surface area contributed by atoms with Gasteiger partial charge < -0.3 is 25.1 Å². The van der Waals surface area contributed by atoms with Crippen molar-refractivity contribution in [1.29, 1.82) is 0 Å². The van der Waals surface area contributed by atoms with Crippen LogP contribution in [0, 0.1) is 0 Å². The molecule has 0 radical (unpaired) electrons. The Morgan fingerprint density at radius 2 is 1.06 bits per heavy atom. The van der Waals surface area contributed by atoms with E-state index < -0.39 is 16.6 Å². The number of unbranched alkanes of at least 4 members (excludes halogenated alkanes) is 2. The van der Waals surface area contributed by atoms with Gasteiger partial charge in [-0.15, -0.1) is 0 Å². The first kappa shape index (κ1) is 25.3. The summed E-state index contributed by atoms with van der Waals surface area (Å²) in [6.07, 6.45) is 4.36. The standard InChI is InChI=1S/C24H40N2O3Si2/c1-30(2,17-7-5-15-27-23-13-9-11-21(25)19-23)29-31(3,4)18-8-6-16-28-24-14-10-12-22(26)20-24/h9-14,19-20H,5-8,15-18,25-26H2,1-4H3. The molecule has 7 heteroatoms. The predicted molar refractivity (Wildman–Crippen MR) is 137 cm³/mol. The maximum absolute atomic E-state index is 6.75. The molecule has 2 aromatic carbocycles. The van der Waals surface area contributed by atoms with Gasteiger partial charge in [0.25, 0.3) is 0 Å². The number of nitrogen functional groups attached to an aromatic ring is 2. The van der Waals surface area contributed by atoms with Crippen molar-refractivity contribution in [1.82, 2.24) is 0 Å². The summed E-state index contributed by atoms with van der Waals surface area (Å²) < 4.78 is 18.4. The van der Waals surface area contributed by atoms with Crippen LogP contribution in [0.3, 0.4) is 0 Å². The van der Waals surface area contributed by atoms with E-state index in [4.69, 9.17) is 25.1 Å². The Bertz CT molecular complexity index is 734. The van der Waals surface area contributed by atoms with Gasteiger partial charge in [-0.2, -0.15) is 0 Å². The summed E-state index contributed by atoms with van der Waals surface area (Å²) in [5.41, 5.74) is 13.1. The van der Waals surface area contributed by atoms with Crippen LogP contribution in [-0.2, 0) is 4.12 Å². The van der Waals surface area contributed by atoms with Crippen LogP contribution in [0.1, 0.15) is 25.7 Å². The molecule has 2 aromatic rings. The predicted octanol–water partition coefficient (Wildman–Crippen LogP) is 6.30. The number of ether oxygens (including phenoxy) is 2. The fourth-order valence-corrected chi connectivity index (χ4v) is 12.7. The summed E-state index contributed by atoms with van der Waals surface area (Å²) in [4.78, 5) is 0. The van der Waals surface area contributed by atoms with E-state index in [9.17, 15) is 0 Å². The second-order valence-corrected chi connectivity index (χ2v) is 18.2. The molecular weight excluding hydrogens is 420 g/mol. The van der Waals surface area contributed by atoms with Crippen LogP contribution in [-0.4, -0.2) is 29.8 Å². The molecule has 2 rings (SSSR count). The molecule has 0 unspecified atom stereocenters. The zero-order chi connectivity index (χ0) is 22.7. The van der Waals surface area contributed by atoms with Crippen LogP contribution in [0.5, 0.6) is 11.5 Å². The molecule has 0 aliphatic rings. The first-order chi connectivity index (χ1) is 14.7. The van der Waals surface area contributed by atoms with Crippen molar-refractivity contribution in [3.8, 4) is 11.5 Å². The normalized spacial score (nSPS) is 12.0. The summed E-state index contributed by atoms with van der Waals surface area (Å²) >= 11 is 0. The topological polar surface area (TPSA) is 79.7 Å². The van der Waals surface area contributed by atoms with E-state index in [1.54, 1.807) is 0 Å². The molecule has 31 heavy (non-hydrogen) atoms. The first-order valence-electron chi connectivity index (χ1n) is 11.3. The summed E-state index contributed by atoms with van der Waals surface area (Å²) in [6, 6.07) is 17.6. The van der Waals surface area contributed by atoms with Gasteiger partial charge in [-0.25, -0.2) is 0 Å². The highest BCUT2D eigenvalue weighted by Crippen LogP contribution is 2.25. The van der Waals surface area contributed by atoms with E-state index in [1.165, 1.54) is 12.1 Å². The fraction of sp³-hybridized carbons (Fsp3) is 0.500. The lowest BCUT2D eigenvalue weighted by atomic mass is 10.3. The molecule has 0 aliphatic carbocycles. The minimum Gasteiger partial charge on any atom is -0.494 e. The Kier molecular flexibility index (Phi) is 9.93. The number of rotatable bonds is 14. The zero-order valence-electron chi connectivity index (χ0n) is 19.7. The highest BCUT2D eigenvalue weighted by Gasteiger charge is 2.32. The van der Waals surface area contributed by atoms with Crippen molar-refractivity contribution < 1.29 is 13.6 Å². The van der Waals surface area contributed by atoms with Crippen LogP contribution >= 0.6 is 0 Å². The maximum atomic E-state index is 6.75. The van der Waals surface area contributed by atoms with Crippen LogP contribution in [0.25, 0.3) is 0 Å². The van der Waals surface area contributed by atoms with Crippen molar-refractivity contribution in [2.24, 2.45) is 0 Å². The third kappa shape index (κ3) is 10.8. The van der Waals surface area contributed by atoms with Crippen molar-refractivity contribution in [2.75, 3.05) is 24.7 Å². The van der Waals surface area contributed by atoms with Crippen molar-refractivity contribution in [3.05, 3.63) is 48.5 Å². The lowest BCUT2D eigenvalue weighted by molar-refractivity contribution is 0.308. The largest absolute Gasteiger partial charge is 0.494 e. The van der Waals surface area contributed by atoms with E-state index in [1.807, 2.05) is 48.5 Å². The van der Waals surface area contributed by atoms with E-state index in [0.717, 1.165) is 61.8 Å². The lowest BCUT2D eigenvalue weighted by Gasteiger charge is -2.34. The summed E-state index contributed by atoms with van der Waals surface area (Å²) in [7, 11) is -3.33. The van der Waals surface area contributed by atoms with E-state index in [-0.39, 0.29) is 0 Å². The Balaban J connectivity index is 1.59. The van der Waals surface area contributed by atoms with E-state index >= 15 is 0 Å². The highest BCUT2D eigenvalue weighted by molar-refractivity contribution is 6.84. The van der Waals surface area contributed by atoms with E-state index in [2.05, 4.69) is 26.2 Å². The molecule has 0 saturated heterocycles. The quantitative estimate of drug-likeness (QED) is 0.196. The van der Waals surface area contributed by atoms with Gasteiger partial charge in [-0.05, 0) is 75.4 Å². The highest BCUT2D eigenvalue weighted by atomic mass is 28.4. The molecule has 0 fully saturated rings. The van der Waals surface area contributed by atoms with Crippen molar-refractivity contribution in [2.45, 2.75) is 64.0 Å². The number of hydrogen-bond donors (Lipinski definition) is 2. The number of hydrogen-bond acceptors (Lipinski definition) is 5. The molecule has 0 spiro atoms. The van der Waals surface area contributed by atoms with Crippen LogP contribution in [0.15, 0.2) is 48.5 Å². The Hall–Kier alpha value is -1.97. The third-order valence-electron chi connectivity index (χ3n) is 5.15. The molecule has 172 valence electrons. The molecule has 0 aliphatic heterocycles. The van der Waals surface area contributed by atoms with Crippen molar-refractivity contribution >= 4 is 28.0 Å². The molecule has 0 bridgehead atoms. The Morgan fingerprint density at radius 1 is 0.645 bits per heavy atom. The van der Waals surface area contributed by atoms with Gasteiger partial charge in [0.05, 0.1) is 13.2 Å². The van der Waals surface area contributed by atoms with Crippen LogP contribution < -0.4 is 20.9 Å². The van der Waals surface area contributed by atoms with Gasteiger partial charge in [0.15, 0.2) is 16.6 Å². The molecule has 0 heterocycles. The Morgan fingerprint density at radius 3 is 1.45 bits per heavy atom. The Labute approximate surface area is 190 Å². The molecule has 5 nitrogen and oxygen atoms in total. The number of nitrogens with two attached hydrogens (primary N) is 2. The summed E-state index contributed by atoms with van der Waals surface area (Å²) in [5.74, 6) is 1.70. The van der Waals surface area contributed by atoms with Gasteiger partial charge in [0.1, 0.15) is 11.5 Å². The second kappa shape index (κ2) is 12.2. The van der Waals surface area contributed by atoms with E-state index in [0.29, 0.717) is 0 Å². The molecule has 0 aromatic heterocycles. The maximum Gasteiger partial charge on any atom is 0.173 e. The van der Waals surface area contributed by atoms with Crippen LogP contribution in [0.2, 0.25) is 38.3 Å². The van der Waals surface area contributed by atoms with Gasteiger partial charge in [-0.3, -0.25) is 0 Å². The number of anilines is 2. The second-order valence-electron chi connectivity index (χ2n) is 9.38. The average molecular weight is 461 g/mol. The van der Waals surface area contributed by atoms with Gasteiger partial charge in [0.2, 0.25) is 0 Å². The minimum absolute atomic E-state index is 0.724. The van der Waals surface area contributed by atoms with Crippen LogP contribution in [0.4, 0.5) is 11.4 Å². The molecular formula is C24H40N2O3Si2. The third-order valence-corrected chi connectivity index (χ3v) is 12.7. The van der Waals surface area contributed by atoms with Crippen molar-refractivity contribution in [3.63, 3.8) is 0 Å². The monoisotopic (exact) mass is 460 g/mol. The number of benzene rings is 2. The zero-order valence-corrected chi connectivity index (χ0v) is 21.7. The molecule has 4 N–H and O–H groups in total. The van der Waals surface area contributed by atoms with Gasteiger partial charge in [-0.1, -0.05) is 25.0 Å². The summed E-state index contributed by atoms with van der Waals surface area (Å²) in [5, 5.41) is 0. The molecule has 0 saturated carbocycles. The first-order valence-corrected chi connectivity index (χ1v) is 17.6.